The van der Waals surface area contributed by atoms with Gasteiger partial charge in [-0.05, 0) is 48.4 Å². The summed E-state index contributed by atoms with van der Waals surface area (Å²) >= 11 is 0. The van der Waals surface area contributed by atoms with E-state index in [4.69, 9.17) is 31.2 Å². The van der Waals surface area contributed by atoms with Crippen LogP contribution < -0.4 is 16.2 Å². The zero-order chi connectivity index (χ0) is 28.7. The Morgan fingerprint density at radius 2 is 1.42 bits per heavy atom. The van der Waals surface area contributed by atoms with E-state index in [1.807, 2.05) is 0 Å². The van der Waals surface area contributed by atoms with E-state index in [9.17, 15) is 24.0 Å². The smallest absolute Gasteiger partial charge is 0.343 e. The summed E-state index contributed by atoms with van der Waals surface area (Å²) in [6, 6.07) is 12.7. The first-order valence-corrected chi connectivity index (χ1v) is 11.2. The van der Waals surface area contributed by atoms with Crippen LogP contribution in [0.5, 0.6) is 5.75 Å². The van der Waals surface area contributed by atoms with Crippen LogP contribution in [0.1, 0.15) is 35.2 Å². The van der Waals surface area contributed by atoms with E-state index in [2.05, 4.69) is 4.99 Å². The van der Waals surface area contributed by atoms with Crippen molar-refractivity contribution in [2.24, 2.45) is 16.5 Å². The molecule has 0 aliphatic carbocycles. The molecule has 6 N–H and O–H groups in total. The van der Waals surface area contributed by atoms with E-state index in [1.54, 1.807) is 62.6 Å². The molecular weight excluding hydrogens is 500 g/mol. The van der Waals surface area contributed by atoms with Crippen molar-refractivity contribution >= 4 is 41.4 Å². The molecule has 0 aliphatic rings. The van der Waals surface area contributed by atoms with Gasteiger partial charge in [-0.2, -0.15) is 0 Å². The number of nitrogens with zero attached hydrogens (tertiary/aromatic N) is 2. The van der Waals surface area contributed by atoms with Crippen LogP contribution in [0.3, 0.4) is 0 Å². The summed E-state index contributed by atoms with van der Waals surface area (Å²) in [5.74, 6) is -3.02. The average molecular weight is 531 g/mol. The fourth-order valence-electron chi connectivity index (χ4n) is 2.54. The number of carboxylic acid groups (broad SMARTS) is 2. The molecule has 38 heavy (non-hydrogen) atoms. The van der Waals surface area contributed by atoms with Crippen LogP contribution in [0.2, 0.25) is 0 Å². The summed E-state index contributed by atoms with van der Waals surface area (Å²) in [7, 11) is 3.16. The van der Waals surface area contributed by atoms with Gasteiger partial charge in [0.25, 0.3) is 5.91 Å². The number of benzene rings is 2. The zero-order valence-corrected chi connectivity index (χ0v) is 21.0. The molecule has 2 aromatic rings. The van der Waals surface area contributed by atoms with Crippen LogP contribution >= 0.6 is 0 Å². The van der Waals surface area contributed by atoms with Gasteiger partial charge in [0.05, 0.1) is 17.7 Å². The molecule has 0 saturated heterocycles. The summed E-state index contributed by atoms with van der Waals surface area (Å²) in [4.78, 5) is 60.2. The quantitative estimate of drug-likeness (QED) is 0.141. The number of guanidine groups is 1. The summed E-state index contributed by atoms with van der Waals surface area (Å²) in [6.45, 7) is -0.302. The normalized spacial score (nSPS) is 9.74. The van der Waals surface area contributed by atoms with Crippen molar-refractivity contribution < 1.29 is 43.7 Å². The van der Waals surface area contributed by atoms with Crippen molar-refractivity contribution in [3.63, 3.8) is 0 Å². The lowest BCUT2D eigenvalue weighted by atomic mass is 10.1. The lowest BCUT2D eigenvalue weighted by Crippen LogP contribution is -2.27. The fraction of sp³-hybridized carbons (Fsp3) is 0.280. The highest BCUT2D eigenvalue weighted by molar-refractivity contribution is 5.91. The molecule has 0 aromatic heterocycles. The van der Waals surface area contributed by atoms with Gasteiger partial charge in [-0.25, -0.2) is 9.79 Å². The van der Waals surface area contributed by atoms with Crippen molar-refractivity contribution in [3.05, 3.63) is 59.7 Å². The number of amides is 1. The van der Waals surface area contributed by atoms with E-state index in [0.29, 0.717) is 22.6 Å². The number of hydrogen-bond donors (Lipinski definition) is 4. The maximum atomic E-state index is 12.2. The number of likely N-dealkylation sites (N-methyl/N-ethyl adjacent to an activating group) is 1. The summed E-state index contributed by atoms with van der Waals surface area (Å²) < 4.78 is 10.2. The van der Waals surface area contributed by atoms with Gasteiger partial charge in [0.15, 0.2) is 12.6 Å². The molecule has 2 aromatic carbocycles. The number of carbonyl (C=O) groups is 5. The van der Waals surface area contributed by atoms with Gasteiger partial charge in [-0.1, -0.05) is 12.1 Å². The van der Waals surface area contributed by atoms with Gasteiger partial charge in [-0.15, -0.1) is 0 Å². The van der Waals surface area contributed by atoms with Gasteiger partial charge in [0.1, 0.15) is 5.75 Å². The molecule has 204 valence electrons. The summed E-state index contributed by atoms with van der Waals surface area (Å²) in [5.41, 5.74) is 12.1. The second-order valence-corrected chi connectivity index (χ2v) is 7.88. The Kier molecular flexibility index (Phi) is 13.0. The van der Waals surface area contributed by atoms with Gasteiger partial charge in [0.2, 0.25) is 0 Å². The number of nitrogens with two attached hydrogens (primary N) is 2. The molecule has 0 spiro atoms. The van der Waals surface area contributed by atoms with Crippen LogP contribution in [0, 0.1) is 0 Å². The van der Waals surface area contributed by atoms with Gasteiger partial charge in [0, 0.05) is 26.9 Å². The van der Waals surface area contributed by atoms with E-state index in [-0.39, 0.29) is 44.2 Å². The van der Waals surface area contributed by atoms with Crippen LogP contribution in [0.4, 0.5) is 5.69 Å². The molecule has 0 heterocycles. The molecular formula is C25H30N4O9. The maximum Gasteiger partial charge on any atom is 0.343 e. The summed E-state index contributed by atoms with van der Waals surface area (Å²) in [5, 5.41) is 16.1. The number of aliphatic imine (C=N–C) groups is 1. The zero-order valence-electron chi connectivity index (χ0n) is 21.0. The minimum absolute atomic E-state index is 0.00118. The topological polar surface area (TPSA) is 212 Å². The van der Waals surface area contributed by atoms with E-state index >= 15 is 0 Å². The molecule has 0 saturated carbocycles. The Hall–Kier alpha value is -4.94. The van der Waals surface area contributed by atoms with Crippen molar-refractivity contribution in [1.82, 2.24) is 4.90 Å². The van der Waals surface area contributed by atoms with Crippen molar-refractivity contribution in [1.29, 1.82) is 0 Å². The molecule has 13 heteroatoms. The summed E-state index contributed by atoms with van der Waals surface area (Å²) in [6.07, 6.45) is 0.0878. The van der Waals surface area contributed by atoms with Crippen molar-refractivity contribution in [3.8, 4) is 5.75 Å². The van der Waals surface area contributed by atoms with Crippen LogP contribution in [0.15, 0.2) is 53.5 Å². The third-order valence-corrected chi connectivity index (χ3v) is 4.48. The number of carbonyl (C=O) groups excluding carboxylic acids is 3. The average Bonchev–Trinajstić information content (AvgIpc) is 2.83. The Morgan fingerprint density at radius 1 is 0.868 bits per heavy atom. The van der Waals surface area contributed by atoms with Crippen LogP contribution in [0.25, 0.3) is 0 Å². The van der Waals surface area contributed by atoms with Crippen LogP contribution in [-0.4, -0.2) is 71.6 Å². The monoisotopic (exact) mass is 530 g/mol. The lowest BCUT2D eigenvalue weighted by Gasteiger charge is -2.10. The van der Waals surface area contributed by atoms with E-state index < -0.39 is 23.9 Å². The van der Waals surface area contributed by atoms with Crippen LogP contribution in [-0.2, 0) is 30.3 Å². The number of esters is 2. The number of rotatable bonds is 11. The molecule has 0 unspecified atom stereocenters. The number of hydrogen-bond acceptors (Lipinski definition) is 8. The first-order chi connectivity index (χ1) is 17.9. The van der Waals surface area contributed by atoms with Crippen molar-refractivity contribution in [2.45, 2.75) is 25.7 Å². The molecule has 2 rings (SSSR count). The third kappa shape index (κ3) is 13.2. The number of ether oxygens (including phenoxy) is 2. The minimum Gasteiger partial charge on any atom is -0.481 e. The molecule has 0 radical (unpaired) electrons. The Bertz CT molecular complexity index is 1130. The second-order valence-electron chi connectivity index (χ2n) is 7.88. The largest absolute Gasteiger partial charge is 0.481 e. The molecule has 0 bridgehead atoms. The van der Waals surface area contributed by atoms with Gasteiger partial charge < -0.3 is 36.1 Å². The molecule has 13 nitrogen and oxygen atoms in total. The highest BCUT2D eigenvalue weighted by Crippen LogP contribution is 2.17. The fourth-order valence-corrected chi connectivity index (χ4v) is 2.54. The predicted molar refractivity (Wildman–Crippen MR) is 136 cm³/mol. The van der Waals surface area contributed by atoms with E-state index in [1.165, 1.54) is 4.90 Å². The molecule has 0 atom stereocenters. The third-order valence-electron chi connectivity index (χ3n) is 4.48. The number of carboxylic acids is 2. The SMILES string of the molecule is CN(C)C(=O)COC(=O)Cc1ccc(OC(=O)c2ccc(N=C(N)N)cc2)cc1.O=C(O)CCCC(=O)O. The highest BCUT2D eigenvalue weighted by Gasteiger charge is 2.12. The van der Waals surface area contributed by atoms with Gasteiger partial charge >= 0.3 is 23.9 Å². The highest BCUT2D eigenvalue weighted by atomic mass is 16.5. The van der Waals surface area contributed by atoms with Crippen molar-refractivity contribution in [2.75, 3.05) is 20.7 Å². The first-order valence-electron chi connectivity index (χ1n) is 11.2. The molecule has 0 fully saturated rings. The maximum absolute atomic E-state index is 12.2. The Morgan fingerprint density at radius 3 is 1.89 bits per heavy atom. The molecule has 1 amide bonds. The minimum atomic E-state index is -0.948. The predicted octanol–water partition coefficient (Wildman–Crippen LogP) is 1.31. The second kappa shape index (κ2) is 15.9. The standard InChI is InChI=1S/C20H22N4O5.C5H8O4/c1-24(2)17(25)12-28-18(26)11-13-3-9-16(10-4-13)29-19(27)14-5-7-15(8-6-14)23-20(21)22;6-4(7)2-1-3-5(8)9/h3-10H,11-12H2,1-2H3,(H4,21,22,23);1-3H2,(H,6,7)(H,8,9). The Balaban J connectivity index is 0.000000686. The molecule has 0 aliphatic heterocycles. The lowest BCUT2D eigenvalue weighted by molar-refractivity contribution is -0.150. The Labute approximate surface area is 218 Å². The van der Waals surface area contributed by atoms with E-state index in [0.717, 1.165) is 0 Å². The first kappa shape index (κ1) is 31.1. The van der Waals surface area contributed by atoms with Gasteiger partial charge in [-0.3, -0.25) is 19.2 Å². The number of aliphatic carboxylic acids is 2.